The largest absolute Gasteiger partial charge is 0.481 e. The Morgan fingerprint density at radius 2 is 1.67 bits per heavy atom. The Morgan fingerprint density at radius 1 is 1.17 bits per heavy atom. The van der Waals surface area contributed by atoms with Crippen molar-refractivity contribution < 1.29 is 14.7 Å². The van der Waals surface area contributed by atoms with E-state index in [0.29, 0.717) is 18.3 Å². The van der Waals surface area contributed by atoms with Crippen molar-refractivity contribution in [1.82, 2.24) is 4.90 Å². The van der Waals surface area contributed by atoms with Crippen molar-refractivity contribution in [2.45, 2.75) is 58.9 Å². The highest BCUT2D eigenvalue weighted by molar-refractivity contribution is 5.73. The lowest BCUT2D eigenvalue weighted by molar-refractivity contribution is -0.138. The van der Waals surface area contributed by atoms with Gasteiger partial charge in [-0.05, 0) is 51.4 Å². The molecule has 0 spiro atoms. The standard InChI is InChI=1S/C14H25NO3/c1-10(2)15(11(3)16)9-13-6-4-12(5-7-13)8-14(17)18/h10,12-13H,4-9H2,1-3H3,(H,17,18)/t12-,13-. The van der Waals surface area contributed by atoms with Gasteiger partial charge in [0.15, 0.2) is 0 Å². The van der Waals surface area contributed by atoms with Gasteiger partial charge in [0.05, 0.1) is 0 Å². The van der Waals surface area contributed by atoms with Crippen molar-refractivity contribution in [2.75, 3.05) is 6.54 Å². The number of carbonyl (C=O) groups is 2. The van der Waals surface area contributed by atoms with Crippen LogP contribution < -0.4 is 0 Å². The third-order valence-electron chi connectivity index (χ3n) is 3.91. The molecule has 0 heterocycles. The van der Waals surface area contributed by atoms with Crippen LogP contribution in [-0.4, -0.2) is 34.5 Å². The molecule has 0 aromatic heterocycles. The van der Waals surface area contributed by atoms with Crippen molar-refractivity contribution in [3.63, 3.8) is 0 Å². The fourth-order valence-corrected chi connectivity index (χ4v) is 2.85. The highest BCUT2D eigenvalue weighted by atomic mass is 16.4. The van der Waals surface area contributed by atoms with Crippen molar-refractivity contribution in [1.29, 1.82) is 0 Å². The summed E-state index contributed by atoms with van der Waals surface area (Å²) in [4.78, 5) is 24.1. The lowest BCUT2D eigenvalue weighted by Crippen LogP contribution is -2.39. The fourth-order valence-electron chi connectivity index (χ4n) is 2.85. The molecule has 1 aliphatic rings. The average molecular weight is 255 g/mol. The highest BCUT2D eigenvalue weighted by Crippen LogP contribution is 2.31. The van der Waals surface area contributed by atoms with Crippen LogP contribution in [-0.2, 0) is 9.59 Å². The molecule has 0 aliphatic heterocycles. The summed E-state index contributed by atoms with van der Waals surface area (Å²) >= 11 is 0. The summed E-state index contributed by atoms with van der Waals surface area (Å²) in [5.41, 5.74) is 0. The lowest BCUT2D eigenvalue weighted by Gasteiger charge is -2.34. The van der Waals surface area contributed by atoms with E-state index in [0.717, 1.165) is 32.2 Å². The molecular formula is C14H25NO3. The maximum atomic E-state index is 11.5. The van der Waals surface area contributed by atoms with Gasteiger partial charge >= 0.3 is 5.97 Å². The van der Waals surface area contributed by atoms with Crippen LogP contribution in [0, 0.1) is 11.8 Å². The maximum absolute atomic E-state index is 11.5. The summed E-state index contributed by atoms with van der Waals surface area (Å²) < 4.78 is 0. The number of nitrogens with zero attached hydrogens (tertiary/aromatic N) is 1. The molecule has 0 aromatic rings. The third-order valence-corrected chi connectivity index (χ3v) is 3.91. The second-order valence-corrected chi connectivity index (χ2v) is 5.75. The molecule has 1 amide bonds. The molecular weight excluding hydrogens is 230 g/mol. The molecule has 1 rings (SSSR count). The van der Waals surface area contributed by atoms with Crippen molar-refractivity contribution in [3.05, 3.63) is 0 Å². The van der Waals surface area contributed by atoms with Gasteiger partial charge in [0.1, 0.15) is 0 Å². The van der Waals surface area contributed by atoms with E-state index < -0.39 is 5.97 Å². The Balaban J connectivity index is 2.38. The van der Waals surface area contributed by atoms with E-state index in [1.54, 1.807) is 6.92 Å². The highest BCUT2D eigenvalue weighted by Gasteiger charge is 2.25. The molecule has 18 heavy (non-hydrogen) atoms. The second kappa shape index (κ2) is 6.76. The molecule has 4 nitrogen and oxygen atoms in total. The van der Waals surface area contributed by atoms with E-state index in [2.05, 4.69) is 0 Å². The van der Waals surface area contributed by atoms with Crippen molar-refractivity contribution >= 4 is 11.9 Å². The van der Waals surface area contributed by atoms with Crippen LogP contribution in [0.4, 0.5) is 0 Å². The number of carbonyl (C=O) groups excluding carboxylic acids is 1. The van der Waals surface area contributed by atoms with Gasteiger partial charge in [0.2, 0.25) is 5.91 Å². The van der Waals surface area contributed by atoms with Gasteiger partial charge in [0.25, 0.3) is 0 Å². The number of aliphatic carboxylic acids is 1. The number of hydrogen-bond donors (Lipinski definition) is 1. The lowest BCUT2D eigenvalue weighted by atomic mass is 9.80. The van der Waals surface area contributed by atoms with Crippen LogP contribution in [0.3, 0.4) is 0 Å². The molecule has 0 saturated heterocycles. The average Bonchev–Trinajstić information content (AvgIpc) is 2.26. The molecule has 0 radical (unpaired) electrons. The van der Waals surface area contributed by atoms with E-state index in [-0.39, 0.29) is 11.9 Å². The molecule has 104 valence electrons. The predicted octanol–water partition coefficient (Wildman–Crippen LogP) is 2.52. The molecule has 4 heteroatoms. The van der Waals surface area contributed by atoms with E-state index >= 15 is 0 Å². The summed E-state index contributed by atoms with van der Waals surface area (Å²) in [5.74, 6) is 0.327. The van der Waals surface area contributed by atoms with Crippen LogP contribution in [0.1, 0.15) is 52.9 Å². The topological polar surface area (TPSA) is 57.6 Å². The first-order valence-corrected chi connectivity index (χ1v) is 6.89. The van der Waals surface area contributed by atoms with Gasteiger partial charge in [-0.15, -0.1) is 0 Å². The van der Waals surface area contributed by atoms with Crippen LogP contribution in [0.2, 0.25) is 0 Å². The predicted molar refractivity (Wildman–Crippen MR) is 70.2 cm³/mol. The van der Waals surface area contributed by atoms with Crippen LogP contribution in [0.25, 0.3) is 0 Å². The molecule has 1 saturated carbocycles. The molecule has 0 atom stereocenters. The van der Waals surface area contributed by atoms with Gasteiger partial charge in [-0.2, -0.15) is 0 Å². The van der Waals surface area contributed by atoms with E-state index in [4.69, 9.17) is 5.11 Å². The zero-order chi connectivity index (χ0) is 13.7. The van der Waals surface area contributed by atoms with Gasteiger partial charge in [-0.1, -0.05) is 0 Å². The smallest absolute Gasteiger partial charge is 0.303 e. The first-order valence-electron chi connectivity index (χ1n) is 6.89. The fraction of sp³-hybridized carbons (Fsp3) is 0.857. The number of hydrogen-bond acceptors (Lipinski definition) is 2. The Hall–Kier alpha value is -1.06. The van der Waals surface area contributed by atoms with Gasteiger partial charge in [0, 0.05) is 25.9 Å². The summed E-state index contributed by atoms with van der Waals surface area (Å²) in [7, 11) is 0. The Kier molecular flexibility index (Phi) is 5.63. The molecule has 0 bridgehead atoms. The first-order chi connectivity index (χ1) is 8.40. The second-order valence-electron chi connectivity index (χ2n) is 5.75. The quantitative estimate of drug-likeness (QED) is 0.821. The number of rotatable bonds is 5. The first kappa shape index (κ1) is 15.0. The zero-order valence-electron chi connectivity index (χ0n) is 11.7. The summed E-state index contributed by atoms with van der Waals surface area (Å²) in [6.45, 7) is 6.53. The number of amides is 1. The van der Waals surface area contributed by atoms with Crippen LogP contribution in [0.15, 0.2) is 0 Å². The molecule has 1 fully saturated rings. The van der Waals surface area contributed by atoms with E-state index in [1.807, 2.05) is 18.7 Å². The normalized spacial score (nSPS) is 24.0. The van der Waals surface area contributed by atoms with Crippen molar-refractivity contribution in [3.8, 4) is 0 Å². The van der Waals surface area contributed by atoms with Gasteiger partial charge in [-0.25, -0.2) is 0 Å². The summed E-state index contributed by atoms with van der Waals surface area (Å²) in [5, 5.41) is 8.77. The summed E-state index contributed by atoms with van der Waals surface area (Å²) in [6, 6.07) is 0.249. The van der Waals surface area contributed by atoms with Crippen LogP contribution >= 0.6 is 0 Å². The Bertz CT molecular complexity index is 293. The zero-order valence-corrected chi connectivity index (χ0v) is 11.7. The number of carboxylic acid groups (broad SMARTS) is 1. The van der Waals surface area contributed by atoms with Crippen LogP contribution in [0.5, 0.6) is 0 Å². The van der Waals surface area contributed by atoms with Gasteiger partial charge < -0.3 is 10.0 Å². The van der Waals surface area contributed by atoms with E-state index in [1.165, 1.54) is 0 Å². The maximum Gasteiger partial charge on any atom is 0.303 e. The molecule has 0 unspecified atom stereocenters. The molecule has 0 aromatic carbocycles. The number of carboxylic acids is 1. The minimum atomic E-state index is -0.689. The minimum Gasteiger partial charge on any atom is -0.481 e. The molecule has 1 N–H and O–H groups in total. The monoisotopic (exact) mass is 255 g/mol. The van der Waals surface area contributed by atoms with E-state index in [9.17, 15) is 9.59 Å². The van der Waals surface area contributed by atoms with Gasteiger partial charge in [-0.3, -0.25) is 9.59 Å². The Morgan fingerprint density at radius 3 is 2.06 bits per heavy atom. The molecule has 1 aliphatic carbocycles. The SMILES string of the molecule is CC(=O)N(C[C@H]1CC[C@H](CC(=O)O)CC1)C(C)C. The van der Waals surface area contributed by atoms with Crippen molar-refractivity contribution in [2.24, 2.45) is 11.8 Å². The minimum absolute atomic E-state index is 0.137. The Labute approximate surface area is 109 Å². The third kappa shape index (κ3) is 4.67. The summed E-state index contributed by atoms with van der Waals surface area (Å²) in [6.07, 6.45) is 4.37.